The molecule has 0 aromatic carbocycles. The first-order valence-corrected chi connectivity index (χ1v) is 7.32. The number of aromatic nitrogens is 2. The molecule has 0 atom stereocenters. The standard InChI is InChI=1S/C14H25N3O/c1-3-14(15,4-2)13-16-12(17-18-13)11-9-7-5-6-8-10-11/h11H,3-10,15H2,1-2H3. The first kappa shape index (κ1) is 13.5. The first-order chi connectivity index (χ1) is 8.69. The van der Waals surface area contributed by atoms with Crippen LogP contribution >= 0.6 is 0 Å². The second-order valence-corrected chi connectivity index (χ2v) is 5.51. The van der Waals surface area contributed by atoms with E-state index >= 15 is 0 Å². The third kappa shape index (κ3) is 2.74. The Hall–Kier alpha value is -0.900. The summed E-state index contributed by atoms with van der Waals surface area (Å²) in [5, 5.41) is 4.18. The lowest BCUT2D eigenvalue weighted by atomic mass is 9.94. The smallest absolute Gasteiger partial charge is 0.246 e. The molecule has 0 spiro atoms. The number of hydrogen-bond donors (Lipinski definition) is 1. The third-order valence-electron chi connectivity index (χ3n) is 4.35. The van der Waals surface area contributed by atoms with Crippen LogP contribution in [0.5, 0.6) is 0 Å². The van der Waals surface area contributed by atoms with Crippen LogP contribution in [-0.4, -0.2) is 10.1 Å². The summed E-state index contributed by atoms with van der Waals surface area (Å²) in [6.07, 6.45) is 9.28. The zero-order valence-electron chi connectivity index (χ0n) is 11.6. The molecule has 0 radical (unpaired) electrons. The van der Waals surface area contributed by atoms with Gasteiger partial charge in [0.2, 0.25) is 5.89 Å². The van der Waals surface area contributed by atoms with E-state index in [1.165, 1.54) is 38.5 Å². The van der Waals surface area contributed by atoms with Crippen molar-refractivity contribution >= 4 is 0 Å². The second kappa shape index (κ2) is 5.83. The lowest BCUT2D eigenvalue weighted by Crippen LogP contribution is -2.35. The molecule has 1 heterocycles. The van der Waals surface area contributed by atoms with Crippen LogP contribution in [0, 0.1) is 0 Å². The molecular formula is C14H25N3O. The number of nitrogens with zero attached hydrogens (tertiary/aromatic N) is 2. The molecule has 1 aliphatic rings. The summed E-state index contributed by atoms with van der Waals surface area (Å²) >= 11 is 0. The van der Waals surface area contributed by atoms with Gasteiger partial charge in [-0.15, -0.1) is 0 Å². The summed E-state index contributed by atoms with van der Waals surface area (Å²) in [7, 11) is 0. The molecular weight excluding hydrogens is 226 g/mol. The Kier molecular flexibility index (Phi) is 4.38. The van der Waals surface area contributed by atoms with Crippen molar-refractivity contribution < 1.29 is 4.52 Å². The van der Waals surface area contributed by atoms with E-state index in [-0.39, 0.29) is 0 Å². The Morgan fingerprint density at radius 2 is 1.78 bits per heavy atom. The van der Waals surface area contributed by atoms with Crippen LogP contribution in [0.2, 0.25) is 0 Å². The first-order valence-electron chi connectivity index (χ1n) is 7.32. The molecule has 2 N–H and O–H groups in total. The van der Waals surface area contributed by atoms with Crippen LogP contribution in [0.25, 0.3) is 0 Å². The maximum atomic E-state index is 6.30. The fourth-order valence-corrected chi connectivity index (χ4v) is 2.69. The Balaban J connectivity index is 2.13. The summed E-state index contributed by atoms with van der Waals surface area (Å²) in [5.74, 6) is 1.97. The van der Waals surface area contributed by atoms with Crippen molar-refractivity contribution in [3.05, 3.63) is 11.7 Å². The fraction of sp³-hybridized carbons (Fsp3) is 0.857. The largest absolute Gasteiger partial charge is 0.337 e. The van der Waals surface area contributed by atoms with Gasteiger partial charge >= 0.3 is 0 Å². The number of rotatable bonds is 4. The molecule has 102 valence electrons. The van der Waals surface area contributed by atoms with Crippen LogP contribution in [0.1, 0.15) is 82.8 Å². The van der Waals surface area contributed by atoms with E-state index in [1.54, 1.807) is 0 Å². The maximum absolute atomic E-state index is 6.30. The van der Waals surface area contributed by atoms with E-state index in [1.807, 2.05) is 0 Å². The van der Waals surface area contributed by atoms with Gasteiger partial charge in [-0.1, -0.05) is 44.7 Å². The minimum Gasteiger partial charge on any atom is -0.337 e. The molecule has 0 saturated heterocycles. The molecule has 4 heteroatoms. The molecule has 2 rings (SSSR count). The van der Waals surface area contributed by atoms with Crippen molar-refractivity contribution in [3.8, 4) is 0 Å². The van der Waals surface area contributed by atoms with Crippen LogP contribution in [-0.2, 0) is 5.54 Å². The van der Waals surface area contributed by atoms with Gasteiger partial charge in [-0.2, -0.15) is 4.98 Å². The topological polar surface area (TPSA) is 64.9 Å². The van der Waals surface area contributed by atoms with Crippen LogP contribution in [0.15, 0.2) is 4.52 Å². The van der Waals surface area contributed by atoms with Crippen LogP contribution in [0.4, 0.5) is 0 Å². The average molecular weight is 251 g/mol. The van der Waals surface area contributed by atoms with Gasteiger partial charge in [0.1, 0.15) is 0 Å². The van der Waals surface area contributed by atoms with Gasteiger partial charge in [0.05, 0.1) is 5.54 Å². The van der Waals surface area contributed by atoms with Crippen molar-refractivity contribution in [2.75, 3.05) is 0 Å². The Morgan fingerprint density at radius 3 is 2.33 bits per heavy atom. The molecule has 1 aliphatic carbocycles. The van der Waals surface area contributed by atoms with Gasteiger partial charge < -0.3 is 10.3 Å². The molecule has 1 saturated carbocycles. The van der Waals surface area contributed by atoms with Gasteiger partial charge in [-0.25, -0.2) is 0 Å². The maximum Gasteiger partial charge on any atom is 0.246 e. The van der Waals surface area contributed by atoms with E-state index in [4.69, 9.17) is 10.3 Å². The molecule has 1 fully saturated rings. The minimum absolute atomic E-state index is 0.448. The number of hydrogen-bond acceptors (Lipinski definition) is 4. The van der Waals surface area contributed by atoms with Crippen molar-refractivity contribution in [1.29, 1.82) is 0 Å². The number of nitrogens with two attached hydrogens (primary N) is 1. The van der Waals surface area contributed by atoms with E-state index < -0.39 is 5.54 Å². The monoisotopic (exact) mass is 251 g/mol. The molecule has 0 amide bonds. The molecule has 0 bridgehead atoms. The Bertz CT molecular complexity index is 363. The zero-order chi connectivity index (χ0) is 13.0. The SMILES string of the molecule is CCC(N)(CC)c1nc(C2CCCCCC2)no1. The summed E-state index contributed by atoms with van der Waals surface area (Å²) in [6.45, 7) is 4.14. The predicted octanol–water partition coefficient (Wildman–Crippen LogP) is 3.48. The van der Waals surface area contributed by atoms with E-state index in [9.17, 15) is 0 Å². The molecule has 18 heavy (non-hydrogen) atoms. The molecule has 1 aromatic heterocycles. The van der Waals surface area contributed by atoms with Gasteiger partial charge in [-0.05, 0) is 25.7 Å². The van der Waals surface area contributed by atoms with Gasteiger partial charge in [0.25, 0.3) is 0 Å². The quantitative estimate of drug-likeness (QED) is 0.832. The fourth-order valence-electron chi connectivity index (χ4n) is 2.69. The van der Waals surface area contributed by atoms with Crippen molar-refractivity contribution in [2.45, 2.75) is 76.7 Å². The summed E-state index contributed by atoms with van der Waals surface area (Å²) in [5.41, 5.74) is 5.85. The molecule has 0 aliphatic heterocycles. The normalized spacial score (nSPS) is 18.8. The van der Waals surface area contributed by atoms with E-state index in [0.717, 1.165) is 18.7 Å². The van der Waals surface area contributed by atoms with Crippen LogP contribution < -0.4 is 5.73 Å². The highest BCUT2D eigenvalue weighted by molar-refractivity contribution is 5.04. The van der Waals surface area contributed by atoms with E-state index in [2.05, 4.69) is 24.0 Å². The lowest BCUT2D eigenvalue weighted by Gasteiger charge is -2.21. The summed E-state index contributed by atoms with van der Waals surface area (Å²) < 4.78 is 5.42. The Labute approximate surface area is 109 Å². The van der Waals surface area contributed by atoms with Crippen molar-refractivity contribution in [2.24, 2.45) is 5.73 Å². The lowest BCUT2D eigenvalue weighted by molar-refractivity contribution is 0.266. The highest BCUT2D eigenvalue weighted by Crippen LogP contribution is 2.31. The third-order valence-corrected chi connectivity index (χ3v) is 4.35. The molecule has 0 unspecified atom stereocenters. The van der Waals surface area contributed by atoms with E-state index in [0.29, 0.717) is 11.8 Å². The Morgan fingerprint density at radius 1 is 1.17 bits per heavy atom. The molecule has 1 aromatic rings. The predicted molar refractivity (Wildman–Crippen MR) is 71.2 cm³/mol. The second-order valence-electron chi connectivity index (χ2n) is 5.51. The van der Waals surface area contributed by atoms with Gasteiger partial charge in [-0.3, -0.25) is 0 Å². The van der Waals surface area contributed by atoms with Gasteiger partial charge in [0.15, 0.2) is 5.82 Å². The van der Waals surface area contributed by atoms with Gasteiger partial charge in [0, 0.05) is 5.92 Å². The zero-order valence-corrected chi connectivity index (χ0v) is 11.6. The summed E-state index contributed by atoms with van der Waals surface area (Å²) in [6, 6.07) is 0. The summed E-state index contributed by atoms with van der Waals surface area (Å²) in [4.78, 5) is 4.59. The van der Waals surface area contributed by atoms with Crippen LogP contribution in [0.3, 0.4) is 0 Å². The average Bonchev–Trinajstić information content (AvgIpc) is 2.75. The highest BCUT2D eigenvalue weighted by atomic mass is 16.5. The van der Waals surface area contributed by atoms with Crippen molar-refractivity contribution in [1.82, 2.24) is 10.1 Å². The molecule has 4 nitrogen and oxygen atoms in total. The highest BCUT2D eigenvalue weighted by Gasteiger charge is 2.31. The van der Waals surface area contributed by atoms with Crippen molar-refractivity contribution in [3.63, 3.8) is 0 Å². The minimum atomic E-state index is -0.448.